The molecule has 1 aromatic carbocycles. The first-order chi connectivity index (χ1) is 10.6. The van der Waals surface area contributed by atoms with E-state index in [9.17, 15) is 4.79 Å². The van der Waals surface area contributed by atoms with Crippen LogP contribution >= 0.6 is 11.6 Å². The lowest BCUT2D eigenvalue weighted by Crippen LogP contribution is -2.22. The van der Waals surface area contributed by atoms with Crippen LogP contribution in [0.1, 0.15) is 34.2 Å². The highest BCUT2D eigenvalue weighted by atomic mass is 35.5. The van der Waals surface area contributed by atoms with Gasteiger partial charge in [-0.3, -0.25) is 4.79 Å². The molecule has 2 heterocycles. The highest BCUT2D eigenvalue weighted by Gasteiger charge is 2.15. The van der Waals surface area contributed by atoms with Crippen molar-refractivity contribution in [1.82, 2.24) is 5.32 Å². The molecule has 1 N–H and O–H groups in total. The number of rotatable bonds is 4. The van der Waals surface area contributed by atoms with Crippen molar-refractivity contribution in [3.8, 4) is 11.5 Å². The molecule has 1 aliphatic rings. The molecule has 1 aromatic heterocycles. The van der Waals surface area contributed by atoms with Gasteiger partial charge in [0, 0.05) is 6.54 Å². The Kier molecular flexibility index (Phi) is 4.24. The van der Waals surface area contributed by atoms with Gasteiger partial charge in [0.25, 0.3) is 5.91 Å². The molecule has 1 aliphatic heterocycles. The summed E-state index contributed by atoms with van der Waals surface area (Å²) in [4.78, 5) is 12.0. The maximum Gasteiger partial charge on any atom is 0.287 e. The molecule has 0 saturated heterocycles. The van der Waals surface area contributed by atoms with E-state index in [2.05, 4.69) is 5.32 Å². The molecule has 1 unspecified atom stereocenters. The van der Waals surface area contributed by atoms with E-state index in [1.807, 2.05) is 18.2 Å². The number of hydrogen-bond acceptors (Lipinski definition) is 4. The first-order valence-electron chi connectivity index (χ1n) is 7.04. The summed E-state index contributed by atoms with van der Waals surface area (Å²) in [5.74, 6) is 1.98. The number of nitrogens with one attached hydrogen (secondary N) is 1. The topological polar surface area (TPSA) is 60.7 Å². The lowest BCUT2D eigenvalue weighted by atomic mass is 10.2. The molecule has 22 heavy (non-hydrogen) atoms. The molecule has 6 heteroatoms. The first kappa shape index (κ1) is 14.8. The maximum absolute atomic E-state index is 12.0. The van der Waals surface area contributed by atoms with Crippen molar-refractivity contribution in [2.75, 3.05) is 13.2 Å². The molecule has 0 spiro atoms. The fourth-order valence-electron chi connectivity index (χ4n) is 2.16. The summed E-state index contributed by atoms with van der Waals surface area (Å²) in [5, 5.41) is 2.54. The quantitative estimate of drug-likeness (QED) is 0.878. The number of carbonyl (C=O) groups excluding carboxylic acids is 1. The van der Waals surface area contributed by atoms with Gasteiger partial charge in [0.2, 0.25) is 0 Å². The van der Waals surface area contributed by atoms with Crippen LogP contribution in [0.15, 0.2) is 34.7 Å². The standard InChI is InChI=1S/C16H16ClNO4/c1-10(17)12-4-5-14(22-12)16(19)18-9-11-2-3-13-15(8-11)21-7-6-20-13/h2-5,8,10H,6-7,9H2,1H3,(H,18,19). The van der Waals surface area contributed by atoms with Crippen molar-refractivity contribution in [1.29, 1.82) is 0 Å². The van der Waals surface area contributed by atoms with Gasteiger partial charge in [-0.05, 0) is 36.8 Å². The lowest BCUT2D eigenvalue weighted by Gasteiger charge is -2.18. The zero-order valence-electron chi connectivity index (χ0n) is 12.1. The Bertz CT molecular complexity index is 681. The fraction of sp³-hybridized carbons (Fsp3) is 0.312. The van der Waals surface area contributed by atoms with Crippen molar-refractivity contribution in [3.05, 3.63) is 47.4 Å². The molecular weight excluding hydrogens is 306 g/mol. The Morgan fingerprint density at radius 3 is 2.73 bits per heavy atom. The summed E-state index contributed by atoms with van der Waals surface area (Å²) in [7, 11) is 0. The second-order valence-electron chi connectivity index (χ2n) is 4.98. The number of ether oxygens (including phenoxy) is 2. The van der Waals surface area contributed by atoms with E-state index in [1.54, 1.807) is 19.1 Å². The van der Waals surface area contributed by atoms with Crippen LogP contribution in [0.2, 0.25) is 0 Å². The van der Waals surface area contributed by atoms with E-state index < -0.39 is 0 Å². The van der Waals surface area contributed by atoms with Gasteiger partial charge in [-0.1, -0.05) is 6.07 Å². The summed E-state index contributed by atoms with van der Waals surface area (Å²) in [6, 6.07) is 8.92. The number of alkyl halides is 1. The smallest absolute Gasteiger partial charge is 0.287 e. The summed E-state index contributed by atoms with van der Waals surface area (Å²) in [6.07, 6.45) is 0. The Labute approximate surface area is 133 Å². The molecule has 0 fully saturated rings. The van der Waals surface area contributed by atoms with Crippen molar-refractivity contribution < 1.29 is 18.7 Å². The summed E-state index contributed by atoms with van der Waals surface area (Å²) >= 11 is 5.91. The van der Waals surface area contributed by atoms with E-state index in [-0.39, 0.29) is 17.0 Å². The van der Waals surface area contributed by atoms with Gasteiger partial charge < -0.3 is 19.2 Å². The average molecular weight is 322 g/mol. The lowest BCUT2D eigenvalue weighted by molar-refractivity contribution is 0.0921. The highest BCUT2D eigenvalue weighted by molar-refractivity contribution is 6.20. The van der Waals surface area contributed by atoms with Gasteiger partial charge in [-0.2, -0.15) is 0 Å². The van der Waals surface area contributed by atoms with Gasteiger partial charge >= 0.3 is 0 Å². The molecule has 3 rings (SSSR count). The summed E-state index contributed by atoms with van der Waals surface area (Å²) in [5.41, 5.74) is 0.926. The number of hydrogen-bond donors (Lipinski definition) is 1. The minimum atomic E-state index is -0.279. The van der Waals surface area contributed by atoms with Crippen LogP contribution in [0.25, 0.3) is 0 Å². The normalized spacial score (nSPS) is 14.5. The predicted molar refractivity (Wildman–Crippen MR) is 81.6 cm³/mol. The van der Waals surface area contributed by atoms with Crippen molar-refractivity contribution in [3.63, 3.8) is 0 Å². The Balaban J connectivity index is 1.63. The zero-order chi connectivity index (χ0) is 15.5. The minimum Gasteiger partial charge on any atom is -0.486 e. The Morgan fingerprint density at radius 2 is 2.00 bits per heavy atom. The zero-order valence-corrected chi connectivity index (χ0v) is 12.9. The molecule has 1 amide bonds. The van der Waals surface area contributed by atoms with E-state index in [4.69, 9.17) is 25.5 Å². The third kappa shape index (κ3) is 3.20. The molecule has 2 aromatic rings. The molecule has 5 nitrogen and oxygen atoms in total. The van der Waals surface area contributed by atoms with Crippen molar-refractivity contribution in [2.24, 2.45) is 0 Å². The summed E-state index contributed by atoms with van der Waals surface area (Å²) in [6.45, 7) is 3.26. The second kappa shape index (κ2) is 6.32. The van der Waals surface area contributed by atoms with Crippen LogP contribution in [-0.2, 0) is 6.54 Å². The van der Waals surface area contributed by atoms with Gasteiger partial charge in [-0.15, -0.1) is 11.6 Å². The van der Waals surface area contributed by atoms with Crippen LogP contribution in [-0.4, -0.2) is 19.1 Å². The largest absolute Gasteiger partial charge is 0.486 e. The number of carbonyl (C=O) groups is 1. The molecule has 0 saturated carbocycles. The second-order valence-corrected chi connectivity index (χ2v) is 5.63. The number of furan rings is 1. The van der Waals surface area contributed by atoms with Crippen LogP contribution in [0, 0.1) is 0 Å². The average Bonchev–Trinajstić information content (AvgIpc) is 3.03. The molecule has 0 aliphatic carbocycles. The SMILES string of the molecule is CC(Cl)c1ccc(C(=O)NCc2ccc3c(c2)OCCO3)o1. The molecular formula is C16H16ClNO4. The third-order valence-electron chi connectivity index (χ3n) is 3.30. The van der Waals surface area contributed by atoms with Gasteiger partial charge in [0.15, 0.2) is 17.3 Å². The first-order valence-corrected chi connectivity index (χ1v) is 7.47. The fourth-order valence-corrected chi connectivity index (χ4v) is 2.27. The van der Waals surface area contributed by atoms with Crippen LogP contribution in [0.3, 0.4) is 0 Å². The maximum atomic E-state index is 12.0. The van der Waals surface area contributed by atoms with Gasteiger partial charge in [-0.25, -0.2) is 0 Å². The Morgan fingerprint density at radius 1 is 1.23 bits per heavy atom. The van der Waals surface area contributed by atoms with E-state index in [1.165, 1.54) is 0 Å². The Hall–Kier alpha value is -2.14. The number of fused-ring (bicyclic) bond motifs is 1. The van der Waals surface area contributed by atoms with Crippen LogP contribution in [0.4, 0.5) is 0 Å². The van der Waals surface area contributed by atoms with E-state index >= 15 is 0 Å². The number of amides is 1. The van der Waals surface area contributed by atoms with E-state index in [0.717, 1.165) is 11.3 Å². The molecule has 0 bridgehead atoms. The predicted octanol–water partition coefficient (Wildman–Crippen LogP) is 3.28. The third-order valence-corrected chi connectivity index (χ3v) is 3.52. The summed E-state index contributed by atoms with van der Waals surface area (Å²) < 4.78 is 16.4. The highest BCUT2D eigenvalue weighted by Crippen LogP contribution is 2.30. The van der Waals surface area contributed by atoms with Crippen molar-refractivity contribution in [2.45, 2.75) is 18.8 Å². The van der Waals surface area contributed by atoms with Crippen LogP contribution in [0.5, 0.6) is 11.5 Å². The van der Waals surface area contributed by atoms with Gasteiger partial charge in [0.05, 0.1) is 5.38 Å². The van der Waals surface area contributed by atoms with Crippen LogP contribution < -0.4 is 14.8 Å². The van der Waals surface area contributed by atoms with Crippen molar-refractivity contribution >= 4 is 17.5 Å². The molecule has 116 valence electrons. The van der Waals surface area contributed by atoms with E-state index in [0.29, 0.717) is 31.3 Å². The monoisotopic (exact) mass is 321 g/mol. The molecule has 1 atom stereocenters. The molecule has 0 radical (unpaired) electrons. The number of benzene rings is 1. The van der Waals surface area contributed by atoms with Gasteiger partial charge in [0.1, 0.15) is 19.0 Å². The minimum absolute atomic E-state index is 0.250. The number of halogens is 1.